The van der Waals surface area contributed by atoms with Gasteiger partial charge in [0.05, 0.1) is 17.5 Å². The molecule has 0 spiro atoms. The van der Waals surface area contributed by atoms with Gasteiger partial charge in [-0.3, -0.25) is 0 Å². The second-order valence-corrected chi connectivity index (χ2v) is 7.26. The maximum absolute atomic E-state index is 11.6. The molecule has 6 nitrogen and oxygen atoms in total. The number of anilines is 1. The molecular formula is C14H18N4O2S. The third-order valence-corrected chi connectivity index (χ3v) is 5.06. The summed E-state index contributed by atoms with van der Waals surface area (Å²) in [5, 5.41) is 1.00. The lowest BCUT2D eigenvalue weighted by Crippen LogP contribution is -2.48. The van der Waals surface area contributed by atoms with Crippen LogP contribution in [-0.2, 0) is 10.0 Å². The lowest BCUT2D eigenvalue weighted by atomic mass is 10.2. The number of rotatable bonds is 2. The first-order valence-electron chi connectivity index (χ1n) is 6.87. The summed E-state index contributed by atoms with van der Waals surface area (Å²) in [4.78, 5) is 10.9. The fourth-order valence-corrected chi connectivity index (χ4v) is 3.47. The molecule has 0 N–H and O–H groups in total. The van der Waals surface area contributed by atoms with Crippen LogP contribution in [0.5, 0.6) is 0 Å². The average Bonchev–Trinajstić information content (AvgIpc) is 2.46. The van der Waals surface area contributed by atoms with Gasteiger partial charge in [-0.2, -0.15) is 4.31 Å². The number of aryl methyl sites for hydroxylation is 1. The number of hydrogen-bond acceptors (Lipinski definition) is 5. The third kappa shape index (κ3) is 2.84. The van der Waals surface area contributed by atoms with Gasteiger partial charge in [-0.25, -0.2) is 18.4 Å². The number of fused-ring (bicyclic) bond motifs is 1. The van der Waals surface area contributed by atoms with Crippen LogP contribution in [0.1, 0.15) is 5.82 Å². The molecule has 0 unspecified atom stereocenters. The van der Waals surface area contributed by atoms with Crippen LogP contribution >= 0.6 is 0 Å². The van der Waals surface area contributed by atoms with Crippen LogP contribution in [-0.4, -0.2) is 55.1 Å². The van der Waals surface area contributed by atoms with Gasteiger partial charge < -0.3 is 4.90 Å². The minimum atomic E-state index is -3.10. The van der Waals surface area contributed by atoms with E-state index < -0.39 is 10.0 Å². The molecule has 1 fully saturated rings. The Labute approximate surface area is 124 Å². The molecule has 112 valence electrons. The molecule has 21 heavy (non-hydrogen) atoms. The van der Waals surface area contributed by atoms with E-state index in [4.69, 9.17) is 0 Å². The Balaban J connectivity index is 1.91. The number of nitrogens with zero attached hydrogens (tertiary/aromatic N) is 4. The molecule has 0 saturated carbocycles. The van der Waals surface area contributed by atoms with Crippen molar-refractivity contribution >= 4 is 26.6 Å². The Morgan fingerprint density at radius 3 is 2.52 bits per heavy atom. The van der Waals surface area contributed by atoms with E-state index in [0.717, 1.165) is 22.4 Å². The van der Waals surface area contributed by atoms with Gasteiger partial charge in [-0.1, -0.05) is 12.1 Å². The summed E-state index contributed by atoms with van der Waals surface area (Å²) in [5.74, 6) is 0.740. The highest BCUT2D eigenvalue weighted by Crippen LogP contribution is 2.26. The Hall–Kier alpha value is -1.73. The maximum atomic E-state index is 11.6. The fourth-order valence-electron chi connectivity index (χ4n) is 2.64. The molecule has 1 aromatic carbocycles. The van der Waals surface area contributed by atoms with Crippen molar-refractivity contribution in [2.45, 2.75) is 6.92 Å². The number of hydrogen-bond donors (Lipinski definition) is 0. The molecule has 0 radical (unpaired) electrons. The molecule has 0 amide bonds. The van der Waals surface area contributed by atoms with Crippen molar-refractivity contribution in [1.29, 1.82) is 0 Å². The largest absolute Gasteiger partial charge is 0.367 e. The van der Waals surface area contributed by atoms with E-state index in [1.807, 2.05) is 31.3 Å². The zero-order valence-corrected chi connectivity index (χ0v) is 13.0. The van der Waals surface area contributed by atoms with E-state index in [2.05, 4.69) is 14.9 Å². The van der Waals surface area contributed by atoms with Crippen LogP contribution in [0, 0.1) is 6.92 Å². The number of para-hydroxylation sites is 1. The summed E-state index contributed by atoms with van der Waals surface area (Å²) in [7, 11) is -3.10. The topological polar surface area (TPSA) is 66.4 Å². The van der Waals surface area contributed by atoms with Crippen molar-refractivity contribution in [3.8, 4) is 0 Å². The quantitative estimate of drug-likeness (QED) is 0.829. The molecule has 7 heteroatoms. The fraction of sp³-hybridized carbons (Fsp3) is 0.429. The van der Waals surface area contributed by atoms with E-state index >= 15 is 0 Å². The first-order chi connectivity index (χ1) is 9.95. The second kappa shape index (κ2) is 5.23. The Morgan fingerprint density at radius 1 is 1.14 bits per heavy atom. The van der Waals surface area contributed by atoms with Crippen molar-refractivity contribution in [2.24, 2.45) is 0 Å². The van der Waals surface area contributed by atoms with Gasteiger partial charge >= 0.3 is 0 Å². The van der Waals surface area contributed by atoms with Gasteiger partial charge in [-0.15, -0.1) is 0 Å². The summed E-state index contributed by atoms with van der Waals surface area (Å²) in [6.07, 6.45) is 3.09. The monoisotopic (exact) mass is 306 g/mol. The molecule has 3 rings (SSSR count). The molecule has 0 atom stereocenters. The third-order valence-electron chi connectivity index (χ3n) is 3.76. The molecule has 2 heterocycles. The predicted octanol–water partition coefficient (Wildman–Crippen LogP) is 1.02. The minimum Gasteiger partial charge on any atom is -0.367 e. The number of sulfonamides is 1. The predicted molar refractivity (Wildman–Crippen MR) is 82.9 cm³/mol. The normalized spacial score (nSPS) is 17.3. The standard InChI is InChI=1S/C14H18N4O2S/c1-11-15-10-12-4-3-5-13(14(12)16-11)17-6-8-18(9-7-17)21(2,19)20/h3-5,10H,6-9H2,1-2H3. The first-order valence-corrected chi connectivity index (χ1v) is 8.72. The van der Waals surface area contributed by atoms with Gasteiger partial charge in [0.2, 0.25) is 10.0 Å². The Bertz CT molecular complexity index is 768. The van der Waals surface area contributed by atoms with Gasteiger partial charge in [-0.05, 0) is 13.0 Å². The molecule has 0 aliphatic carbocycles. The van der Waals surface area contributed by atoms with E-state index in [1.165, 1.54) is 10.6 Å². The minimum absolute atomic E-state index is 0.513. The Morgan fingerprint density at radius 2 is 1.86 bits per heavy atom. The zero-order valence-electron chi connectivity index (χ0n) is 12.2. The van der Waals surface area contributed by atoms with Crippen LogP contribution < -0.4 is 4.90 Å². The zero-order chi connectivity index (χ0) is 15.0. The summed E-state index contributed by atoms with van der Waals surface area (Å²) in [6.45, 7) is 4.25. The number of aromatic nitrogens is 2. The molecule has 0 bridgehead atoms. The summed E-state index contributed by atoms with van der Waals surface area (Å²) >= 11 is 0. The first kappa shape index (κ1) is 14.2. The highest BCUT2D eigenvalue weighted by Gasteiger charge is 2.24. The van der Waals surface area contributed by atoms with Crippen molar-refractivity contribution < 1.29 is 8.42 Å². The van der Waals surface area contributed by atoms with Crippen LogP contribution in [0.2, 0.25) is 0 Å². The Kier molecular flexibility index (Phi) is 3.54. The molecule has 1 saturated heterocycles. The lowest BCUT2D eigenvalue weighted by Gasteiger charge is -2.35. The van der Waals surface area contributed by atoms with Gasteiger partial charge in [0, 0.05) is 37.8 Å². The number of benzene rings is 1. The smallest absolute Gasteiger partial charge is 0.211 e. The van der Waals surface area contributed by atoms with Gasteiger partial charge in [0.1, 0.15) is 5.82 Å². The summed E-state index contributed by atoms with van der Waals surface area (Å²) in [5.41, 5.74) is 1.98. The highest BCUT2D eigenvalue weighted by atomic mass is 32.2. The SMILES string of the molecule is Cc1ncc2cccc(N3CCN(S(C)(=O)=O)CC3)c2n1. The van der Waals surface area contributed by atoms with E-state index in [0.29, 0.717) is 26.2 Å². The maximum Gasteiger partial charge on any atom is 0.211 e. The van der Waals surface area contributed by atoms with Crippen molar-refractivity contribution in [2.75, 3.05) is 37.3 Å². The lowest BCUT2D eigenvalue weighted by molar-refractivity contribution is 0.388. The molecule has 1 aromatic heterocycles. The van der Waals surface area contributed by atoms with Crippen molar-refractivity contribution in [1.82, 2.24) is 14.3 Å². The number of piperazine rings is 1. The summed E-state index contributed by atoms with van der Waals surface area (Å²) < 4.78 is 24.7. The molecule has 2 aromatic rings. The van der Waals surface area contributed by atoms with E-state index in [9.17, 15) is 8.42 Å². The second-order valence-electron chi connectivity index (χ2n) is 5.28. The van der Waals surface area contributed by atoms with Crippen LogP contribution in [0.25, 0.3) is 10.9 Å². The van der Waals surface area contributed by atoms with Crippen LogP contribution in [0.15, 0.2) is 24.4 Å². The van der Waals surface area contributed by atoms with Crippen molar-refractivity contribution in [3.63, 3.8) is 0 Å². The van der Waals surface area contributed by atoms with E-state index in [-0.39, 0.29) is 0 Å². The van der Waals surface area contributed by atoms with Crippen LogP contribution in [0.4, 0.5) is 5.69 Å². The molecular weight excluding hydrogens is 288 g/mol. The van der Waals surface area contributed by atoms with E-state index in [1.54, 1.807) is 0 Å². The van der Waals surface area contributed by atoms with Crippen LogP contribution in [0.3, 0.4) is 0 Å². The molecule has 1 aliphatic rings. The summed E-state index contributed by atoms with van der Waals surface area (Å²) in [6, 6.07) is 6.01. The average molecular weight is 306 g/mol. The highest BCUT2D eigenvalue weighted by molar-refractivity contribution is 7.88. The van der Waals surface area contributed by atoms with Crippen molar-refractivity contribution in [3.05, 3.63) is 30.2 Å². The van der Waals surface area contributed by atoms with Gasteiger partial charge in [0.15, 0.2) is 0 Å². The molecule has 1 aliphatic heterocycles. The van der Waals surface area contributed by atoms with Gasteiger partial charge in [0.25, 0.3) is 0 Å².